The van der Waals surface area contributed by atoms with Crippen molar-refractivity contribution in [3.8, 4) is 6.07 Å². The Morgan fingerprint density at radius 1 is 1.53 bits per heavy atom. The van der Waals surface area contributed by atoms with E-state index in [4.69, 9.17) is 10.00 Å². The Morgan fingerprint density at radius 2 is 2.32 bits per heavy atom. The summed E-state index contributed by atoms with van der Waals surface area (Å²) in [5, 5.41) is 12.0. The zero-order valence-electron chi connectivity index (χ0n) is 10.6. The Morgan fingerprint density at radius 3 is 3.05 bits per heavy atom. The summed E-state index contributed by atoms with van der Waals surface area (Å²) in [5.74, 6) is 0.109. The van der Waals surface area contributed by atoms with Gasteiger partial charge in [0, 0.05) is 32.3 Å². The molecule has 2 rings (SSSR count). The van der Waals surface area contributed by atoms with E-state index in [0.29, 0.717) is 50.5 Å². The van der Waals surface area contributed by atoms with Crippen molar-refractivity contribution in [2.75, 3.05) is 38.2 Å². The molecule has 1 aliphatic heterocycles. The van der Waals surface area contributed by atoms with E-state index in [0.717, 1.165) is 0 Å². The number of nitrogens with zero attached hydrogens (tertiary/aromatic N) is 3. The van der Waals surface area contributed by atoms with Crippen LogP contribution >= 0.6 is 0 Å². The van der Waals surface area contributed by atoms with Crippen molar-refractivity contribution in [3.63, 3.8) is 0 Å². The number of hydrogen-bond donors (Lipinski definition) is 1. The van der Waals surface area contributed by atoms with Crippen LogP contribution in [0.15, 0.2) is 18.5 Å². The van der Waals surface area contributed by atoms with Crippen LogP contribution in [0.1, 0.15) is 12.0 Å². The van der Waals surface area contributed by atoms with Gasteiger partial charge in [-0.3, -0.25) is 9.78 Å². The highest BCUT2D eigenvalue weighted by Crippen LogP contribution is 2.11. The smallest absolute Gasteiger partial charge is 0.224 e. The summed E-state index contributed by atoms with van der Waals surface area (Å²) in [6, 6.07) is 3.73. The number of hydrogen-bond acceptors (Lipinski definition) is 5. The predicted molar refractivity (Wildman–Crippen MR) is 69.5 cm³/mol. The minimum atomic E-state index is 0.109. The average Bonchev–Trinajstić information content (AvgIpc) is 2.48. The third-order valence-electron chi connectivity index (χ3n) is 2.96. The van der Waals surface area contributed by atoms with Gasteiger partial charge >= 0.3 is 0 Å². The lowest BCUT2D eigenvalue weighted by molar-refractivity contribution is -0.134. The molecule has 0 aromatic carbocycles. The summed E-state index contributed by atoms with van der Waals surface area (Å²) in [6.07, 6.45) is 3.57. The number of pyridine rings is 1. The second-order valence-corrected chi connectivity index (χ2v) is 4.20. The van der Waals surface area contributed by atoms with E-state index in [-0.39, 0.29) is 5.91 Å². The van der Waals surface area contributed by atoms with Gasteiger partial charge in [0.05, 0.1) is 30.7 Å². The second-order valence-electron chi connectivity index (χ2n) is 4.20. The number of carbonyl (C=O) groups is 1. The van der Waals surface area contributed by atoms with Crippen LogP contribution in [-0.2, 0) is 9.53 Å². The van der Waals surface area contributed by atoms with E-state index in [1.54, 1.807) is 23.4 Å². The third kappa shape index (κ3) is 3.66. The molecule has 1 aromatic rings. The molecule has 0 atom stereocenters. The van der Waals surface area contributed by atoms with E-state index in [2.05, 4.69) is 16.4 Å². The summed E-state index contributed by atoms with van der Waals surface area (Å²) in [7, 11) is 0. The van der Waals surface area contributed by atoms with Crippen LogP contribution in [0.4, 0.5) is 5.69 Å². The van der Waals surface area contributed by atoms with Crippen molar-refractivity contribution in [2.24, 2.45) is 0 Å². The highest BCUT2D eigenvalue weighted by Gasteiger charge is 2.16. The molecule has 0 saturated carbocycles. The Hall–Kier alpha value is -2.13. The first-order valence-electron chi connectivity index (χ1n) is 6.25. The van der Waals surface area contributed by atoms with Crippen molar-refractivity contribution in [1.82, 2.24) is 9.88 Å². The SMILES string of the molecule is N#Cc1ccncc1NCCC(=O)N1CCOCC1. The molecule has 0 aliphatic carbocycles. The van der Waals surface area contributed by atoms with Crippen molar-refractivity contribution in [1.29, 1.82) is 5.26 Å². The van der Waals surface area contributed by atoms with E-state index in [9.17, 15) is 4.79 Å². The van der Waals surface area contributed by atoms with Crippen LogP contribution < -0.4 is 5.32 Å². The highest BCUT2D eigenvalue weighted by atomic mass is 16.5. The summed E-state index contributed by atoms with van der Waals surface area (Å²) in [5.41, 5.74) is 1.20. The first-order valence-corrected chi connectivity index (χ1v) is 6.25. The standard InChI is InChI=1S/C13H16N4O2/c14-9-11-1-3-15-10-12(11)16-4-2-13(18)17-5-7-19-8-6-17/h1,3,10,16H,2,4-8H2. The molecule has 0 unspecified atom stereocenters. The van der Waals surface area contributed by atoms with Gasteiger partial charge in [-0.05, 0) is 6.07 Å². The molecule has 1 aliphatic rings. The van der Waals surface area contributed by atoms with Gasteiger partial charge in [-0.2, -0.15) is 5.26 Å². The number of rotatable bonds is 4. The molecule has 2 heterocycles. The minimum Gasteiger partial charge on any atom is -0.382 e. The van der Waals surface area contributed by atoms with Gasteiger partial charge in [-0.15, -0.1) is 0 Å². The van der Waals surface area contributed by atoms with Crippen LogP contribution in [0.3, 0.4) is 0 Å². The van der Waals surface area contributed by atoms with Crippen LogP contribution in [0.2, 0.25) is 0 Å². The summed E-state index contributed by atoms with van der Waals surface area (Å²) in [4.78, 5) is 17.7. The number of carbonyl (C=O) groups excluding carboxylic acids is 1. The Balaban J connectivity index is 1.80. The molecule has 6 nitrogen and oxygen atoms in total. The number of aromatic nitrogens is 1. The normalized spacial score (nSPS) is 14.8. The van der Waals surface area contributed by atoms with Crippen molar-refractivity contribution < 1.29 is 9.53 Å². The van der Waals surface area contributed by atoms with Gasteiger partial charge in [0.2, 0.25) is 5.91 Å². The second kappa shape index (κ2) is 6.71. The maximum absolute atomic E-state index is 11.9. The lowest BCUT2D eigenvalue weighted by Crippen LogP contribution is -2.41. The van der Waals surface area contributed by atoms with Gasteiger partial charge in [0.15, 0.2) is 0 Å². The average molecular weight is 260 g/mol. The molecule has 1 aromatic heterocycles. The number of ether oxygens (including phenoxy) is 1. The molecule has 0 radical (unpaired) electrons. The summed E-state index contributed by atoms with van der Waals surface area (Å²) < 4.78 is 5.20. The zero-order valence-corrected chi connectivity index (χ0v) is 10.6. The molecule has 6 heteroatoms. The van der Waals surface area contributed by atoms with Gasteiger partial charge in [0.25, 0.3) is 0 Å². The highest BCUT2D eigenvalue weighted by molar-refractivity contribution is 5.77. The van der Waals surface area contributed by atoms with E-state index < -0.39 is 0 Å². The minimum absolute atomic E-state index is 0.109. The molecular formula is C13H16N4O2. The Bertz CT molecular complexity index is 478. The first-order chi connectivity index (χ1) is 9.31. The Kier molecular flexibility index (Phi) is 4.70. The lowest BCUT2D eigenvalue weighted by Gasteiger charge is -2.26. The fraction of sp³-hybridized carbons (Fsp3) is 0.462. The van der Waals surface area contributed by atoms with Crippen LogP contribution in [0, 0.1) is 11.3 Å². The van der Waals surface area contributed by atoms with E-state index >= 15 is 0 Å². The molecule has 0 bridgehead atoms. The quantitative estimate of drug-likeness (QED) is 0.858. The zero-order chi connectivity index (χ0) is 13.5. The molecule has 0 spiro atoms. The lowest BCUT2D eigenvalue weighted by atomic mass is 10.2. The van der Waals surface area contributed by atoms with Gasteiger partial charge in [-0.1, -0.05) is 0 Å². The maximum atomic E-state index is 11.9. The van der Waals surface area contributed by atoms with Crippen molar-refractivity contribution in [2.45, 2.75) is 6.42 Å². The fourth-order valence-electron chi connectivity index (χ4n) is 1.91. The molecule has 1 N–H and O–H groups in total. The number of nitrogens with one attached hydrogen (secondary N) is 1. The monoisotopic (exact) mass is 260 g/mol. The molecule has 1 amide bonds. The van der Waals surface area contributed by atoms with E-state index in [1.165, 1.54) is 0 Å². The van der Waals surface area contributed by atoms with Gasteiger partial charge in [0.1, 0.15) is 6.07 Å². The Labute approximate surface area is 112 Å². The third-order valence-corrected chi connectivity index (χ3v) is 2.96. The predicted octanol–water partition coefficient (Wildman–Crippen LogP) is 0.614. The number of amides is 1. The maximum Gasteiger partial charge on any atom is 0.224 e. The van der Waals surface area contributed by atoms with Crippen molar-refractivity contribution in [3.05, 3.63) is 24.0 Å². The first kappa shape index (κ1) is 13.3. The topological polar surface area (TPSA) is 78.2 Å². The molecule has 100 valence electrons. The summed E-state index contributed by atoms with van der Waals surface area (Å²) >= 11 is 0. The molecule has 1 saturated heterocycles. The fourth-order valence-corrected chi connectivity index (χ4v) is 1.91. The molecular weight excluding hydrogens is 244 g/mol. The van der Waals surface area contributed by atoms with Crippen LogP contribution in [0.25, 0.3) is 0 Å². The van der Waals surface area contributed by atoms with Crippen LogP contribution in [0.5, 0.6) is 0 Å². The summed E-state index contributed by atoms with van der Waals surface area (Å²) in [6.45, 7) is 3.04. The number of morpholine rings is 1. The van der Waals surface area contributed by atoms with Crippen molar-refractivity contribution >= 4 is 11.6 Å². The molecule has 1 fully saturated rings. The molecule has 19 heavy (non-hydrogen) atoms. The number of anilines is 1. The van der Waals surface area contributed by atoms with Gasteiger partial charge < -0.3 is 15.0 Å². The number of nitriles is 1. The largest absolute Gasteiger partial charge is 0.382 e. The van der Waals surface area contributed by atoms with Crippen LogP contribution in [-0.4, -0.2) is 48.6 Å². The van der Waals surface area contributed by atoms with Gasteiger partial charge in [-0.25, -0.2) is 0 Å². The van der Waals surface area contributed by atoms with E-state index in [1.807, 2.05) is 0 Å².